The van der Waals surface area contributed by atoms with E-state index < -0.39 is 0 Å². The van der Waals surface area contributed by atoms with Crippen LogP contribution in [0.4, 0.5) is 10.8 Å². The number of aryl methyl sites for hydroxylation is 2. The van der Waals surface area contributed by atoms with Crippen molar-refractivity contribution in [2.24, 2.45) is 0 Å². The number of hydrogen-bond donors (Lipinski definition) is 2. The number of aromatic nitrogens is 2. The number of rotatable bonds is 3. The quantitative estimate of drug-likeness (QED) is 0.891. The van der Waals surface area contributed by atoms with Crippen LogP contribution in [0.2, 0.25) is 0 Å². The summed E-state index contributed by atoms with van der Waals surface area (Å²) in [5, 5.41) is 14.3. The lowest BCUT2D eigenvalue weighted by molar-refractivity contribution is 0.102. The van der Waals surface area contributed by atoms with Crippen molar-refractivity contribution >= 4 is 28.1 Å². The highest BCUT2D eigenvalue weighted by Crippen LogP contribution is 2.18. The molecule has 0 atom stereocenters. The number of nitrogens with zero attached hydrogens (tertiary/aromatic N) is 2. The summed E-state index contributed by atoms with van der Waals surface area (Å²) < 4.78 is 0. The average Bonchev–Trinajstić information content (AvgIpc) is 2.82. The first-order valence-electron chi connectivity index (χ1n) is 5.50. The van der Waals surface area contributed by atoms with E-state index in [0.29, 0.717) is 10.1 Å². The van der Waals surface area contributed by atoms with Gasteiger partial charge in [-0.05, 0) is 37.1 Å². The van der Waals surface area contributed by atoms with Crippen LogP contribution in [-0.2, 0) is 0 Å². The second-order valence-corrected chi connectivity index (χ2v) is 4.89. The second-order valence-electron chi connectivity index (χ2n) is 3.92. The normalized spacial score (nSPS) is 10.2. The maximum Gasteiger partial charge on any atom is 0.286 e. The minimum atomic E-state index is -0.239. The van der Waals surface area contributed by atoms with Crippen molar-refractivity contribution in [3.8, 4) is 0 Å². The highest BCUT2D eigenvalue weighted by molar-refractivity contribution is 7.17. The highest BCUT2D eigenvalue weighted by atomic mass is 32.1. The van der Waals surface area contributed by atoms with Gasteiger partial charge in [-0.1, -0.05) is 17.4 Å². The molecule has 1 aromatic carbocycles. The molecule has 0 saturated heterocycles. The Morgan fingerprint density at radius 1 is 1.22 bits per heavy atom. The van der Waals surface area contributed by atoms with E-state index >= 15 is 0 Å². The minimum Gasteiger partial charge on any atom is -0.363 e. The zero-order valence-electron chi connectivity index (χ0n) is 10.4. The van der Waals surface area contributed by atoms with Crippen molar-refractivity contribution in [2.75, 3.05) is 17.7 Å². The van der Waals surface area contributed by atoms with Crippen LogP contribution in [-0.4, -0.2) is 23.2 Å². The molecule has 0 aliphatic carbocycles. The van der Waals surface area contributed by atoms with Gasteiger partial charge < -0.3 is 10.6 Å². The average molecular weight is 262 g/mol. The van der Waals surface area contributed by atoms with E-state index in [1.54, 1.807) is 7.05 Å². The topological polar surface area (TPSA) is 66.9 Å². The van der Waals surface area contributed by atoms with E-state index in [4.69, 9.17) is 0 Å². The Morgan fingerprint density at radius 3 is 2.61 bits per heavy atom. The third-order valence-corrected chi connectivity index (χ3v) is 3.54. The maximum absolute atomic E-state index is 11.9. The molecule has 2 aromatic rings. The Balaban J connectivity index is 2.13. The molecule has 2 N–H and O–H groups in total. The molecule has 0 aliphatic rings. The van der Waals surface area contributed by atoms with Crippen LogP contribution in [0.1, 0.15) is 20.9 Å². The van der Waals surface area contributed by atoms with E-state index in [-0.39, 0.29) is 5.91 Å². The number of hydrogen-bond acceptors (Lipinski definition) is 5. The van der Waals surface area contributed by atoms with E-state index in [9.17, 15) is 4.79 Å². The van der Waals surface area contributed by atoms with Gasteiger partial charge in [0.2, 0.25) is 10.1 Å². The Morgan fingerprint density at radius 2 is 2.00 bits per heavy atom. The number of nitrogens with one attached hydrogen (secondary N) is 2. The SMILES string of the molecule is CNc1nnc(C(=O)Nc2ccc(C)c(C)c2)s1. The molecule has 0 unspecified atom stereocenters. The van der Waals surface area contributed by atoms with Crippen LogP contribution in [0.25, 0.3) is 0 Å². The standard InChI is InChI=1S/C12H14N4OS/c1-7-4-5-9(6-8(7)2)14-10(17)11-15-16-12(13-3)18-11/h4-6H,1-3H3,(H,13,16)(H,14,17). The van der Waals surface area contributed by atoms with Crippen molar-refractivity contribution in [2.45, 2.75) is 13.8 Å². The van der Waals surface area contributed by atoms with E-state index in [0.717, 1.165) is 11.3 Å². The Labute approximate surface area is 109 Å². The number of benzene rings is 1. The monoisotopic (exact) mass is 262 g/mol. The van der Waals surface area contributed by atoms with Crippen molar-refractivity contribution in [3.05, 3.63) is 34.3 Å². The molecule has 0 saturated carbocycles. The van der Waals surface area contributed by atoms with E-state index in [2.05, 4.69) is 20.8 Å². The van der Waals surface area contributed by atoms with E-state index in [1.807, 2.05) is 32.0 Å². The zero-order chi connectivity index (χ0) is 13.1. The van der Waals surface area contributed by atoms with Gasteiger partial charge in [-0.25, -0.2) is 0 Å². The first-order chi connectivity index (χ1) is 8.60. The lowest BCUT2D eigenvalue weighted by Crippen LogP contribution is -2.11. The van der Waals surface area contributed by atoms with Crippen molar-refractivity contribution in [3.63, 3.8) is 0 Å². The maximum atomic E-state index is 11.9. The van der Waals surface area contributed by atoms with Gasteiger partial charge in [-0.3, -0.25) is 4.79 Å². The molecule has 6 heteroatoms. The lowest BCUT2D eigenvalue weighted by Gasteiger charge is -2.05. The summed E-state index contributed by atoms with van der Waals surface area (Å²) in [6.07, 6.45) is 0. The molecule has 0 spiro atoms. The molecule has 94 valence electrons. The third kappa shape index (κ3) is 2.65. The van der Waals surface area contributed by atoms with Gasteiger partial charge in [-0.15, -0.1) is 10.2 Å². The van der Waals surface area contributed by atoms with Crippen molar-refractivity contribution in [1.82, 2.24) is 10.2 Å². The smallest absolute Gasteiger partial charge is 0.286 e. The minimum absolute atomic E-state index is 0.239. The first kappa shape index (κ1) is 12.5. The van der Waals surface area contributed by atoms with Gasteiger partial charge in [0.1, 0.15) is 0 Å². The molecule has 1 aromatic heterocycles. The summed E-state index contributed by atoms with van der Waals surface area (Å²) >= 11 is 1.22. The molecule has 1 heterocycles. The van der Waals surface area contributed by atoms with Crippen molar-refractivity contribution in [1.29, 1.82) is 0 Å². The van der Waals surface area contributed by atoms with Crippen LogP contribution in [0.15, 0.2) is 18.2 Å². The number of carbonyl (C=O) groups is 1. The Bertz CT molecular complexity index is 579. The van der Waals surface area contributed by atoms with Gasteiger partial charge in [0.25, 0.3) is 5.91 Å². The second kappa shape index (κ2) is 5.14. The fourth-order valence-corrected chi connectivity index (χ4v) is 2.01. The summed E-state index contributed by atoms with van der Waals surface area (Å²) in [5.74, 6) is -0.239. The first-order valence-corrected chi connectivity index (χ1v) is 6.31. The predicted molar refractivity (Wildman–Crippen MR) is 73.3 cm³/mol. The molecule has 2 rings (SSSR count). The molecule has 1 amide bonds. The van der Waals surface area contributed by atoms with Gasteiger partial charge >= 0.3 is 0 Å². The van der Waals surface area contributed by atoms with E-state index in [1.165, 1.54) is 16.9 Å². The van der Waals surface area contributed by atoms with Gasteiger partial charge in [0.15, 0.2) is 0 Å². The predicted octanol–water partition coefficient (Wildman–Crippen LogP) is 2.45. The molecule has 0 aliphatic heterocycles. The number of amides is 1. The van der Waals surface area contributed by atoms with Crippen LogP contribution in [0.5, 0.6) is 0 Å². The lowest BCUT2D eigenvalue weighted by atomic mass is 10.1. The van der Waals surface area contributed by atoms with Crippen LogP contribution in [0.3, 0.4) is 0 Å². The molecule has 0 radical (unpaired) electrons. The molecular weight excluding hydrogens is 248 g/mol. The molecule has 5 nitrogen and oxygen atoms in total. The van der Waals surface area contributed by atoms with Gasteiger partial charge in [0, 0.05) is 12.7 Å². The van der Waals surface area contributed by atoms with Gasteiger partial charge in [-0.2, -0.15) is 0 Å². The molecular formula is C12H14N4OS. The van der Waals surface area contributed by atoms with Crippen LogP contribution < -0.4 is 10.6 Å². The third-order valence-electron chi connectivity index (χ3n) is 2.60. The van der Waals surface area contributed by atoms with Crippen LogP contribution in [0, 0.1) is 13.8 Å². The number of anilines is 2. The summed E-state index contributed by atoms with van der Waals surface area (Å²) in [6.45, 7) is 4.04. The zero-order valence-corrected chi connectivity index (χ0v) is 11.3. The number of carbonyl (C=O) groups excluding carboxylic acids is 1. The molecule has 0 fully saturated rings. The highest BCUT2D eigenvalue weighted by Gasteiger charge is 2.12. The fourth-order valence-electron chi connectivity index (χ4n) is 1.42. The molecule has 18 heavy (non-hydrogen) atoms. The van der Waals surface area contributed by atoms with Crippen molar-refractivity contribution < 1.29 is 4.79 Å². The summed E-state index contributed by atoms with van der Waals surface area (Å²) in [5.41, 5.74) is 3.10. The fraction of sp³-hybridized carbons (Fsp3) is 0.250. The largest absolute Gasteiger partial charge is 0.363 e. The summed E-state index contributed by atoms with van der Waals surface area (Å²) in [6, 6.07) is 5.79. The Hall–Kier alpha value is -1.95. The molecule has 0 bridgehead atoms. The summed E-state index contributed by atoms with van der Waals surface area (Å²) in [7, 11) is 1.74. The van der Waals surface area contributed by atoms with Crippen LogP contribution >= 0.6 is 11.3 Å². The summed E-state index contributed by atoms with van der Waals surface area (Å²) in [4.78, 5) is 11.9. The Kier molecular flexibility index (Phi) is 3.57. The van der Waals surface area contributed by atoms with Gasteiger partial charge in [0.05, 0.1) is 0 Å².